The fourth-order valence-corrected chi connectivity index (χ4v) is 4.32. The van der Waals surface area contributed by atoms with Crippen molar-refractivity contribution in [2.45, 2.75) is 31.8 Å². The summed E-state index contributed by atoms with van der Waals surface area (Å²) in [5.41, 5.74) is 2.65. The summed E-state index contributed by atoms with van der Waals surface area (Å²) in [6.45, 7) is 5.55. The van der Waals surface area contributed by atoms with Crippen molar-refractivity contribution in [1.82, 2.24) is 0 Å². The molecule has 0 radical (unpaired) electrons. The van der Waals surface area contributed by atoms with E-state index in [0.717, 1.165) is 11.1 Å². The standard InChI is InChI=1S/C23H22Cl2N2O4S/c1-14-6-4-9-21(15(14)2)31-16(3)23(28)26-17-10-12-18(13-11-17)32(29,30)27-20-8-5-7-19(24)22(20)25/h4-13,16,27H,1-3H3,(H,26,28)/t16-/m1/s1. The SMILES string of the molecule is Cc1cccc(O[C@H](C)C(=O)Nc2ccc(S(=O)(=O)Nc3cccc(Cl)c3Cl)cc2)c1C. The highest BCUT2D eigenvalue weighted by molar-refractivity contribution is 7.92. The van der Waals surface area contributed by atoms with E-state index in [0.29, 0.717) is 11.4 Å². The van der Waals surface area contributed by atoms with Gasteiger partial charge in [0.15, 0.2) is 6.10 Å². The van der Waals surface area contributed by atoms with Gasteiger partial charge in [0.1, 0.15) is 5.75 Å². The molecule has 0 bridgehead atoms. The summed E-state index contributed by atoms with van der Waals surface area (Å²) in [6.07, 6.45) is -0.745. The van der Waals surface area contributed by atoms with E-state index in [-0.39, 0.29) is 26.5 Å². The minimum Gasteiger partial charge on any atom is -0.481 e. The second-order valence-corrected chi connectivity index (χ2v) is 9.65. The van der Waals surface area contributed by atoms with Gasteiger partial charge in [-0.25, -0.2) is 8.42 Å². The molecule has 168 valence electrons. The molecular weight excluding hydrogens is 471 g/mol. The Bertz CT molecular complexity index is 1250. The summed E-state index contributed by atoms with van der Waals surface area (Å²) in [6, 6.07) is 16.1. The summed E-state index contributed by atoms with van der Waals surface area (Å²) in [5.74, 6) is 0.283. The van der Waals surface area contributed by atoms with Gasteiger partial charge in [-0.05, 0) is 74.4 Å². The molecule has 0 spiro atoms. The first-order valence-corrected chi connectivity index (χ1v) is 11.9. The number of carbonyl (C=O) groups excluding carboxylic acids is 1. The van der Waals surface area contributed by atoms with Gasteiger partial charge in [-0.2, -0.15) is 0 Å². The zero-order valence-electron chi connectivity index (χ0n) is 17.6. The first-order chi connectivity index (χ1) is 15.1. The van der Waals surface area contributed by atoms with Crippen molar-refractivity contribution in [2.75, 3.05) is 10.0 Å². The molecule has 0 aliphatic rings. The number of hydrogen-bond donors (Lipinski definition) is 2. The number of benzene rings is 3. The summed E-state index contributed by atoms with van der Waals surface area (Å²) in [4.78, 5) is 12.5. The van der Waals surface area contributed by atoms with Crippen LogP contribution in [-0.2, 0) is 14.8 Å². The number of nitrogens with one attached hydrogen (secondary N) is 2. The molecule has 1 amide bonds. The van der Waals surface area contributed by atoms with Gasteiger partial charge in [0.2, 0.25) is 0 Å². The lowest BCUT2D eigenvalue weighted by Crippen LogP contribution is -2.30. The third kappa shape index (κ3) is 5.54. The first kappa shape index (κ1) is 23.9. The largest absolute Gasteiger partial charge is 0.481 e. The van der Waals surface area contributed by atoms with Gasteiger partial charge in [0.05, 0.1) is 20.6 Å². The van der Waals surface area contributed by atoms with Crippen molar-refractivity contribution in [3.8, 4) is 5.75 Å². The van der Waals surface area contributed by atoms with E-state index < -0.39 is 16.1 Å². The van der Waals surface area contributed by atoms with Crippen LogP contribution in [-0.4, -0.2) is 20.4 Å². The van der Waals surface area contributed by atoms with Crippen molar-refractivity contribution in [1.29, 1.82) is 0 Å². The van der Waals surface area contributed by atoms with Crippen LogP contribution in [0.4, 0.5) is 11.4 Å². The van der Waals surface area contributed by atoms with Gasteiger partial charge >= 0.3 is 0 Å². The lowest BCUT2D eigenvalue weighted by atomic mass is 10.1. The van der Waals surface area contributed by atoms with Gasteiger partial charge in [-0.1, -0.05) is 41.4 Å². The second kappa shape index (κ2) is 9.81. The second-order valence-electron chi connectivity index (χ2n) is 7.18. The minimum atomic E-state index is -3.89. The Morgan fingerprint density at radius 1 is 0.969 bits per heavy atom. The minimum absolute atomic E-state index is 0.00576. The lowest BCUT2D eigenvalue weighted by molar-refractivity contribution is -0.122. The molecule has 0 saturated heterocycles. The molecule has 0 heterocycles. The normalized spacial score (nSPS) is 12.2. The Hall–Kier alpha value is -2.74. The van der Waals surface area contributed by atoms with Gasteiger partial charge in [0, 0.05) is 5.69 Å². The number of amides is 1. The number of sulfonamides is 1. The van der Waals surface area contributed by atoms with E-state index in [1.807, 2.05) is 32.0 Å². The Morgan fingerprint density at radius 3 is 2.31 bits per heavy atom. The summed E-state index contributed by atoms with van der Waals surface area (Å²) >= 11 is 12.0. The predicted molar refractivity (Wildman–Crippen MR) is 128 cm³/mol. The van der Waals surface area contributed by atoms with Gasteiger partial charge in [-0.3, -0.25) is 9.52 Å². The fraction of sp³-hybridized carbons (Fsp3) is 0.174. The van der Waals surface area contributed by atoms with Gasteiger partial charge in [-0.15, -0.1) is 0 Å². The number of hydrogen-bond acceptors (Lipinski definition) is 4. The number of rotatable bonds is 7. The maximum Gasteiger partial charge on any atom is 0.265 e. The van der Waals surface area contributed by atoms with Crippen LogP contribution in [0.3, 0.4) is 0 Å². The van der Waals surface area contributed by atoms with Gasteiger partial charge in [0.25, 0.3) is 15.9 Å². The molecule has 1 atom stereocenters. The topological polar surface area (TPSA) is 84.5 Å². The van der Waals surface area contributed by atoms with E-state index in [1.165, 1.54) is 30.3 Å². The Morgan fingerprint density at radius 2 is 1.62 bits per heavy atom. The Labute approximate surface area is 197 Å². The first-order valence-electron chi connectivity index (χ1n) is 9.69. The molecule has 3 aromatic carbocycles. The zero-order chi connectivity index (χ0) is 23.5. The number of carbonyl (C=O) groups is 1. The van der Waals surface area contributed by atoms with Crippen molar-refractivity contribution in [3.63, 3.8) is 0 Å². The molecule has 6 nitrogen and oxygen atoms in total. The van der Waals surface area contributed by atoms with Crippen molar-refractivity contribution in [3.05, 3.63) is 81.8 Å². The van der Waals surface area contributed by atoms with Crippen LogP contribution >= 0.6 is 23.2 Å². The van der Waals surface area contributed by atoms with Gasteiger partial charge < -0.3 is 10.1 Å². The molecule has 0 aliphatic heterocycles. The van der Waals surface area contributed by atoms with Crippen molar-refractivity contribution >= 4 is 50.5 Å². The average Bonchev–Trinajstić information content (AvgIpc) is 2.75. The fourth-order valence-electron chi connectivity index (χ4n) is 2.84. The highest BCUT2D eigenvalue weighted by atomic mass is 35.5. The van der Waals surface area contributed by atoms with Crippen molar-refractivity contribution in [2.24, 2.45) is 0 Å². The predicted octanol–water partition coefficient (Wildman–Crippen LogP) is 5.82. The quantitative estimate of drug-likeness (QED) is 0.435. The highest BCUT2D eigenvalue weighted by Gasteiger charge is 2.19. The van der Waals surface area contributed by atoms with Crippen LogP contribution < -0.4 is 14.8 Å². The molecule has 3 rings (SSSR count). The third-order valence-corrected chi connectivity index (χ3v) is 7.06. The van der Waals surface area contributed by atoms with Crippen LogP contribution in [0.1, 0.15) is 18.1 Å². The number of halogens is 2. The molecule has 0 unspecified atom stereocenters. The van der Waals surface area contributed by atoms with E-state index >= 15 is 0 Å². The molecule has 3 aromatic rings. The van der Waals surface area contributed by atoms with E-state index in [1.54, 1.807) is 19.1 Å². The molecule has 32 heavy (non-hydrogen) atoms. The smallest absolute Gasteiger partial charge is 0.265 e. The molecule has 0 saturated carbocycles. The van der Waals surface area contributed by atoms with Crippen LogP contribution in [0, 0.1) is 13.8 Å². The third-order valence-electron chi connectivity index (χ3n) is 4.86. The van der Waals surface area contributed by atoms with Crippen LogP contribution in [0.15, 0.2) is 65.6 Å². The Kier molecular flexibility index (Phi) is 7.33. The maximum atomic E-state index is 12.6. The summed E-state index contributed by atoms with van der Waals surface area (Å²) in [5, 5.41) is 3.07. The maximum absolute atomic E-state index is 12.6. The molecule has 2 N–H and O–H groups in total. The molecule has 9 heteroatoms. The molecule has 0 aliphatic carbocycles. The molecule has 0 aromatic heterocycles. The number of ether oxygens (including phenoxy) is 1. The lowest BCUT2D eigenvalue weighted by Gasteiger charge is -2.17. The van der Waals surface area contributed by atoms with Crippen LogP contribution in [0.2, 0.25) is 10.0 Å². The van der Waals surface area contributed by atoms with E-state index in [4.69, 9.17) is 27.9 Å². The Balaban J connectivity index is 1.67. The zero-order valence-corrected chi connectivity index (χ0v) is 20.0. The summed E-state index contributed by atoms with van der Waals surface area (Å²) < 4.78 is 33.5. The van der Waals surface area contributed by atoms with Crippen LogP contribution in [0.25, 0.3) is 0 Å². The molecular formula is C23H22Cl2N2O4S. The summed E-state index contributed by atoms with van der Waals surface area (Å²) in [7, 11) is -3.89. The number of anilines is 2. The highest BCUT2D eigenvalue weighted by Crippen LogP contribution is 2.31. The van der Waals surface area contributed by atoms with E-state index in [9.17, 15) is 13.2 Å². The average molecular weight is 493 g/mol. The molecule has 0 fully saturated rings. The van der Waals surface area contributed by atoms with Crippen molar-refractivity contribution < 1.29 is 17.9 Å². The van der Waals surface area contributed by atoms with Crippen LogP contribution in [0.5, 0.6) is 5.75 Å². The monoisotopic (exact) mass is 492 g/mol. The number of aryl methyl sites for hydroxylation is 1. The van der Waals surface area contributed by atoms with E-state index in [2.05, 4.69) is 10.0 Å².